The number of nitrogens with zero attached hydrogens (tertiary/aromatic N) is 1. The summed E-state index contributed by atoms with van der Waals surface area (Å²) in [4.78, 5) is 10.2. The quantitative estimate of drug-likeness (QED) is 0.853. The van der Waals surface area contributed by atoms with Crippen LogP contribution < -0.4 is 4.74 Å². The molecule has 20 heavy (non-hydrogen) atoms. The molecular formula is C12H16FNO5S. The minimum atomic E-state index is -4.08. The Morgan fingerprint density at radius 2 is 2.10 bits per heavy atom. The number of hydrogen-bond donors (Lipinski definition) is 1. The number of carbonyl (C=O) groups is 1. The van der Waals surface area contributed by atoms with E-state index in [1.54, 1.807) is 0 Å². The van der Waals surface area contributed by atoms with Gasteiger partial charge in [0.15, 0.2) is 0 Å². The van der Waals surface area contributed by atoms with E-state index in [2.05, 4.69) is 0 Å². The Morgan fingerprint density at radius 3 is 2.55 bits per heavy atom. The SMILES string of the molecule is COc1ccc(S(=O)(=O)N(C)CC(C)C(=O)O)c(F)c1. The van der Waals surface area contributed by atoms with Crippen molar-refractivity contribution >= 4 is 16.0 Å². The van der Waals surface area contributed by atoms with E-state index in [1.807, 2.05) is 0 Å². The predicted octanol–water partition coefficient (Wildman–Crippen LogP) is 1.18. The summed E-state index contributed by atoms with van der Waals surface area (Å²) >= 11 is 0. The van der Waals surface area contributed by atoms with Gasteiger partial charge in [0.25, 0.3) is 0 Å². The molecule has 0 spiro atoms. The van der Waals surface area contributed by atoms with E-state index in [9.17, 15) is 17.6 Å². The molecule has 1 aromatic rings. The van der Waals surface area contributed by atoms with Crippen molar-refractivity contribution < 1.29 is 27.4 Å². The number of methoxy groups -OCH3 is 1. The fourth-order valence-corrected chi connectivity index (χ4v) is 2.85. The van der Waals surface area contributed by atoms with Crippen molar-refractivity contribution in [3.63, 3.8) is 0 Å². The first-order valence-corrected chi connectivity index (χ1v) is 7.16. The number of aliphatic carboxylic acids is 1. The van der Waals surface area contributed by atoms with Crippen LogP contribution in [0.2, 0.25) is 0 Å². The van der Waals surface area contributed by atoms with Crippen LogP contribution in [0.25, 0.3) is 0 Å². The second-order valence-electron chi connectivity index (χ2n) is 4.32. The molecular weight excluding hydrogens is 289 g/mol. The zero-order chi connectivity index (χ0) is 15.5. The van der Waals surface area contributed by atoms with E-state index in [-0.39, 0.29) is 12.3 Å². The summed E-state index contributed by atoms with van der Waals surface area (Å²) in [5, 5.41) is 8.78. The zero-order valence-electron chi connectivity index (χ0n) is 11.3. The third-order valence-electron chi connectivity index (χ3n) is 2.78. The first-order chi connectivity index (χ1) is 9.20. The number of ether oxygens (including phenoxy) is 1. The van der Waals surface area contributed by atoms with E-state index in [1.165, 1.54) is 27.1 Å². The van der Waals surface area contributed by atoms with Crippen LogP contribution in [0.5, 0.6) is 5.75 Å². The normalized spacial score (nSPS) is 13.2. The van der Waals surface area contributed by atoms with Crippen molar-refractivity contribution in [1.82, 2.24) is 4.31 Å². The first-order valence-electron chi connectivity index (χ1n) is 5.72. The van der Waals surface area contributed by atoms with E-state index in [0.29, 0.717) is 0 Å². The molecule has 0 amide bonds. The molecule has 0 bridgehead atoms. The summed E-state index contributed by atoms with van der Waals surface area (Å²) in [6.45, 7) is 1.13. The lowest BCUT2D eigenvalue weighted by Gasteiger charge is -2.19. The van der Waals surface area contributed by atoms with Crippen LogP contribution in [0.15, 0.2) is 23.1 Å². The van der Waals surface area contributed by atoms with Gasteiger partial charge in [0, 0.05) is 19.7 Å². The second kappa shape index (κ2) is 6.19. The van der Waals surface area contributed by atoms with Crippen LogP contribution in [-0.2, 0) is 14.8 Å². The predicted molar refractivity (Wildman–Crippen MR) is 69.6 cm³/mol. The van der Waals surface area contributed by atoms with Crippen LogP contribution in [0.1, 0.15) is 6.92 Å². The Bertz CT molecular complexity index is 602. The van der Waals surface area contributed by atoms with Crippen LogP contribution in [0.3, 0.4) is 0 Å². The molecule has 0 heterocycles. The van der Waals surface area contributed by atoms with E-state index >= 15 is 0 Å². The maximum atomic E-state index is 13.8. The van der Waals surface area contributed by atoms with E-state index in [0.717, 1.165) is 16.4 Å². The molecule has 0 aromatic heterocycles. The molecule has 0 aliphatic carbocycles. The summed E-state index contributed by atoms with van der Waals surface area (Å²) in [6.07, 6.45) is 0. The molecule has 6 nitrogen and oxygen atoms in total. The Labute approximate surface area is 116 Å². The largest absolute Gasteiger partial charge is 0.497 e. The van der Waals surface area contributed by atoms with Crippen molar-refractivity contribution in [2.45, 2.75) is 11.8 Å². The van der Waals surface area contributed by atoms with Gasteiger partial charge >= 0.3 is 5.97 Å². The van der Waals surface area contributed by atoms with Gasteiger partial charge in [0.05, 0.1) is 13.0 Å². The van der Waals surface area contributed by atoms with Gasteiger partial charge in [0.2, 0.25) is 10.0 Å². The lowest BCUT2D eigenvalue weighted by molar-refractivity contribution is -0.141. The standard InChI is InChI=1S/C12H16FNO5S/c1-8(12(15)16)7-14(2)20(17,18)11-5-4-9(19-3)6-10(11)13/h4-6,8H,7H2,1-3H3,(H,15,16). The average molecular weight is 305 g/mol. The molecule has 112 valence electrons. The third kappa shape index (κ3) is 3.45. The molecule has 0 saturated heterocycles. The number of sulfonamides is 1. The summed E-state index contributed by atoms with van der Waals surface area (Å²) in [5.74, 6) is -2.76. The fourth-order valence-electron chi connectivity index (χ4n) is 1.55. The maximum absolute atomic E-state index is 13.8. The van der Waals surface area contributed by atoms with Crippen LogP contribution in [-0.4, -0.2) is 44.5 Å². The Morgan fingerprint density at radius 1 is 1.50 bits per heavy atom. The molecule has 1 N–H and O–H groups in total. The molecule has 1 atom stereocenters. The molecule has 0 saturated carbocycles. The molecule has 0 aliphatic rings. The summed E-state index contributed by atoms with van der Waals surface area (Å²) in [7, 11) is -1.54. The van der Waals surface area contributed by atoms with Gasteiger partial charge in [-0.3, -0.25) is 4.79 Å². The lowest BCUT2D eigenvalue weighted by atomic mass is 10.2. The summed E-state index contributed by atoms with van der Waals surface area (Å²) < 4.78 is 43.7. The van der Waals surface area contributed by atoms with Gasteiger partial charge < -0.3 is 9.84 Å². The smallest absolute Gasteiger partial charge is 0.307 e. The van der Waals surface area contributed by atoms with Crippen molar-refractivity contribution in [3.05, 3.63) is 24.0 Å². The highest BCUT2D eigenvalue weighted by Gasteiger charge is 2.27. The van der Waals surface area contributed by atoms with Gasteiger partial charge in [-0.15, -0.1) is 0 Å². The minimum Gasteiger partial charge on any atom is -0.497 e. The first kappa shape index (κ1) is 16.4. The molecule has 0 radical (unpaired) electrons. The minimum absolute atomic E-state index is 0.197. The monoisotopic (exact) mass is 305 g/mol. The number of benzene rings is 1. The molecule has 0 aliphatic heterocycles. The van der Waals surface area contributed by atoms with Gasteiger partial charge in [0.1, 0.15) is 16.5 Å². The van der Waals surface area contributed by atoms with Crippen molar-refractivity contribution in [2.75, 3.05) is 20.7 Å². The summed E-state index contributed by atoms with van der Waals surface area (Å²) in [5.41, 5.74) is 0. The highest BCUT2D eigenvalue weighted by molar-refractivity contribution is 7.89. The van der Waals surface area contributed by atoms with Crippen LogP contribution in [0, 0.1) is 11.7 Å². The van der Waals surface area contributed by atoms with Gasteiger partial charge in [-0.1, -0.05) is 6.92 Å². The zero-order valence-corrected chi connectivity index (χ0v) is 12.1. The Kier molecular flexibility index (Phi) is 5.07. The second-order valence-corrected chi connectivity index (χ2v) is 6.33. The molecule has 0 fully saturated rings. The molecule has 1 aromatic carbocycles. The average Bonchev–Trinajstić information content (AvgIpc) is 2.37. The van der Waals surface area contributed by atoms with Gasteiger partial charge in [-0.25, -0.2) is 12.8 Å². The Hall–Kier alpha value is -1.67. The summed E-state index contributed by atoms with van der Waals surface area (Å²) in [6, 6.07) is 3.37. The molecule has 1 unspecified atom stereocenters. The van der Waals surface area contributed by atoms with Gasteiger partial charge in [-0.05, 0) is 12.1 Å². The number of carboxylic acids is 1. The van der Waals surface area contributed by atoms with Crippen LogP contribution >= 0.6 is 0 Å². The highest BCUT2D eigenvalue weighted by Crippen LogP contribution is 2.23. The van der Waals surface area contributed by atoms with Crippen molar-refractivity contribution in [2.24, 2.45) is 5.92 Å². The maximum Gasteiger partial charge on any atom is 0.307 e. The fraction of sp³-hybridized carbons (Fsp3) is 0.417. The number of rotatable bonds is 6. The molecule has 8 heteroatoms. The van der Waals surface area contributed by atoms with Crippen molar-refractivity contribution in [3.8, 4) is 5.75 Å². The third-order valence-corrected chi connectivity index (χ3v) is 4.64. The molecule has 1 rings (SSSR count). The van der Waals surface area contributed by atoms with Gasteiger partial charge in [-0.2, -0.15) is 4.31 Å². The number of halogens is 1. The highest BCUT2D eigenvalue weighted by atomic mass is 32.2. The number of hydrogen-bond acceptors (Lipinski definition) is 4. The number of carboxylic acid groups (broad SMARTS) is 1. The lowest BCUT2D eigenvalue weighted by Crippen LogP contribution is -2.34. The topological polar surface area (TPSA) is 83.9 Å². The van der Waals surface area contributed by atoms with E-state index in [4.69, 9.17) is 9.84 Å². The van der Waals surface area contributed by atoms with E-state index < -0.39 is 32.6 Å². The van der Waals surface area contributed by atoms with Crippen molar-refractivity contribution in [1.29, 1.82) is 0 Å². The van der Waals surface area contributed by atoms with Crippen LogP contribution in [0.4, 0.5) is 4.39 Å². The Balaban J connectivity index is 3.07.